The van der Waals surface area contributed by atoms with Gasteiger partial charge in [0, 0.05) is 12.4 Å². The second-order valence-electron chi connectivity index (χ2n) is 5.41. The van der Waals surface area contributed by atoms with E-state index in [0.29, 0.717) is 0 Å². The van der Waals surface area contributed by atoms with Gasteiger partial charge in [-0.2, -0.15) is 0 Å². The van der Waals surface area contributed by atoms with E-state index in [9.17, 15) is 13.2 Å². The van der Waals surface area contributed by atoms with Gasteiger partial charge >= 0.3 is 5.97 Å². The molecule has 0 saturated heterocycles. The first-order valence-corrected chi connectivity index (χ1v) is 9.20. The number of ether oxygens (including phenoxy) is 1. The number of carbonyl (C=O) groups is 1. The van der Waals surface area contributed by atoms with E-state index in [0.717, 1.165) is 11.1 Å². The molecule has 0 bridgehead atoms. The lowest BCUT2D eigenvalue weighted by Crippen LogP contribution is -2.16. The van der Waals surface area contributed by atoms with Crippen molar-refractivity contribution in [2.24, 2.45) is 0 Å². The average Bonchev–Trinajstić information content (AvgIpc) is 2.68. The Morgan fingerprint density at radius 3 is 2.35 bits per heavy atom. The third-order valence-electron chi connectivity index (χ3n) is 3.74. The fourth-order valence-corrected chi connectivity index (χ4v) is 3.50. The highest BCUT2D eigenvalue weighted by Gasteiger charge is 2.19. The van der Waals surface area contributed by atoms with Gasteiger partial charge in [-0.1, -0.05) is 30.3 Å². The molecule has 132 valence electrons. The molecule has 6 nitrogen and oxygen atoms in total. The molecule has 1 aromatic heterocycles. The van der Waals surface area contributed by atoms with Crippen LogP contribution in [0, 0.1) is 0 Å². The van der Waals surface area contributed by atoms with Gasteiger partial charge in [-0.3, -0.25) is 9.71 Å². The third-order valence-corrected chi connectivity index (χ3v) is 5.12. The van der Waals surface area contributed by atoms with E-state index in [1.165, 1.54) is 31.4 Å². The Labute approximate surface area is 151 Å². The fraction of sp³-hybridized carbons (Fsp3) is 0.0526. The van der Waals surface area contributed by atoms with Gasteiger partial charge in [0.1, 0.15) is 0 Å². The second-order valence-corrected chi connectivity index (χ2v) is 7.09. The topological polar surface area (TPSA) is 85.4 Å². The number of hydrogen-bond donors (Lipinski definition) is 1. The van der Waals surface area contributed by atoms with E-state index in [-0.39, 0.29) is 16.1 Å². The molecular weight excluding hydrogens is 352 g/mol. The number of rotatable bonds is 5. The molecule has 3 aromatic rings. The number of para-hydroxylation sites is 1. The molecule has 0 spiro atoms. The van der Waals surface area contributed by atoms with Gasteiger partial charge in [0.2, 0.25) is 0 Å². The summed E-state index contributed by atoms with van der Waals surface area (Å²) in [7, 11) is -2.61. The Morgan fingerprint density at radius 1 is 0.962 bits per heavy atom. The van der Waals surface area contributed by atoms with E-state index in [4.69, 9.17) is 0 Å². The molecule has 0 unspecified atom stereocenters. The molecule has 2 aromatic carbocycles. The Kier molecular flexibility index (Phi) is 4.99. The number of pyridine rings is 1. The second kappa shape index (κ2) is 7.37. The van der Waals surface area contributed by atoms with Crippen LogP contribution in [0.15, 0.2) is 78.0 Å². The summed E-state index contributed by atoms with van der Waals surface area (Å²) in [6.45, 7) is 0. The number of anilines is 1. The number of sulfonamides is 1. The van der Waals surface area contributed by atoms with Crippen LogP contribution in [-0.4, -0.2) is 26.5 Å². The normalized spacial score (nSPS) is 11.0. The molecular formula is C19H16N2O4S. The largest absolute Gasteiger partial charge is 0.465 e. The fourth-order valence-electron chi connectivity index (χ4n) is 2.42. The van der Waals surface area contributed by atoms with Gasteiger partial charge in [-0.15, -0.1) is 0 Å². The highest BCUT2D eigenvalue weighted by Crippen LogP contribution is 2.23. The maximum absolute atomic E-state index is 12.6. The molecule has 1 N–H and O–H groups in total. The van der Waals surface area contributed by atoms with E-state index in [1.807, 2.05) is 12.1 Å². The molecule has 26 heavy (non-hydrogen) atoms. The number of aromatic nitrogens is 1. The monoisotopic (exact) mass is 368 g/mol. The average molecular weight is 368 g/mol. The summed E-state index contributed by atoms with van der Waals surface area (Å²) in [5.41, 5.74) is 2.05. The minimum Gasteiger partial charge on any atom is -0.465 e. The Hall–Kier alpha value is -3.19. The summed E-state index contributed by atoms with van der Waals surface area (Å²) in [5, 5.41) is 0. The lowest BCUT2D eigenvalue weighted by Gasteiger charge is -2.12. The first kappa shape index (κ1) is 17.6. The smallest absolute Gasteiger partial charge is 0.339 e. The van der Waals surface area contributed by atoms with Crippen LogP contribution >= 0.6 is 0 Å². The van der Waals surface area contributed by atoms with Crippen molar-refractivity contribution in [1.29, 1.82) is 0 Å². The van der Waals surface area contributed by atoms with Crippen LogP contribution in [0.5, 0.6) is 0 Å². The van der Waals surface area contributed by atoms with Gasteiger partial charge in [-0.05, 0) is 41.5 Å². The number of nitrogens with zero attached hydrogens (tertiary/aromatic N) is 1. The summed E-state index contributed by atoms with van der Waals surface area (Å²) < 4.78 is 32.4. The molecule has 0 atom stereocenters. The summed E-state index contributed by atoms with van der Waals surface area (Å²) in [6.07, 6.45) is 3.37. The van der Waals surface area contributed by atoms with Crippen molar-refractivity contribution in [3.05, 3.63) is 78.6 Å². The highest BCUT2D eigenvalue weighted by atomic mass is 32.2. The number of hydrogen-bond acceptors (Lipinski definition) is 5. The van der Waals surface area contributed by atoms with Crippen LogP contribution in [0.3, 0.4) is 0 Å². The number of carbonyl (C=O) groups excluding carboxylic acids is 1. The predicted molar refractivity (Wildman–Crippen MR) is 98.3 cm³/mol. The predicted octanol–water partition coefficient (Wildman–Crippen LogP) is 3.34. The lowest BCUT2D eigenvalue weighted by atomic mass is 10.1. The van der Waals surface area contributed by atoms with Gasteiger partial charge in [0.15, 0.2) is 0 Å². The van der Waals surface area contributed by atoms with E-state index in [2.05, 4.69) is 14.4 Å². The molecule has 3 rings (SSSR count). The van der Waals surface area contributed by atoms with Gasteiger partial charge in [0.25, 0.3) is 10.0 Å². The van der Waals surface area contributed by atoms with Crippen LogP contribution in [0.4, 0.5) is 5.69 Å². The SMILES string of the molecule is COC(=O)c1ccccc1NS(=O)(=O)c1ccc(-c2cccnc2)cc1. The number of esters is 1. The van der Waals surface area contributed by atoms with Crippen molar-refractivity contribution in [3.8, 4) is 11.1 Å². The van der Waals surface area contributed by atoms with Gasteiger partial charge in [-0.25, -0.2) is 13.2 Å². The van der Waals surface area contributed by atoms with Crippen molar-refractivity contribution in [3.63, 3.8) is 0 Å². The zero-order chi connectivity index (χ0) is 18.6. The van der Waals surface area contributed by atoms with E-state index in [1.54, 1.807) is 36.7 Å². The molecule has 0 saturated carbocycles. The Balaban J connectivity index is 1.89. The molecule has 1 heterocycles. The summed E-state index contributed by atoms with van der Waals surface area (Å²) in [5.74, 6) is -0.616. The molecule has 0 aliphatic rings. The first-order valence-electron chi connectivity index (χ1n) is 7.72. The molecule has 0 aliphatic carbocycles. The third kappa shape index (κ3) is 3.73. The zero-order valence-electron chi connectivity index (χ0n) is 13.9. The Morgan fingerprint density at radius 2 is 1.69 bits per heavy atom. The standard InChI is InChI=1S/C19H16N2O4S/c1-25-19(22)17-6-2-3-7-18(17)21-26(23,24)16-10-8-14(9-11-16)15-5-4-12-20-13-15/h2-13,21H,1H3. The minimum atomic E-state index is -3.85. The van der Waals surface area contributed by atoms with Gasteiger partial charge in [0.05, 0.1) is 23.3 Å². The van der Waals surface area contributed by atoms with E-state index < -0.39 is 16.0 Å². The van der Waals surface area contributed by atoms with Crippen molar-refractivity contribution in [2.45, 2.75) is 4.90 Å². The van der Waals surface area contributed by atoms with E-state index >= 15 is 0 Å². The Bertz CT molecular complexity index is 1020. The lowest BCUT2D eigenvalue weighted by molar-refractivity contribution is 0.0602. The van der Waals surface area contributed by atoms with Crippen LogP contribution in [0.1, 0.15) is 10.4 Å². The molecule has 0 amide bonds. The minimum absolute atomic E-state index is 0.0878. The first-order chi connectivity index (χ1) is 12.5. The quantitative estimate of drug-likeness (QED) is 0.698. The maximum Gasteiger partial charge on any atom is 0.339 e. The highest BCUT2D eigenvalue weighted by molar-refractivity contribution is 7.92. The zero-order valence-corrected chi connectivity index (χ0v) is 14.7. The molecule has 7 heteroatoms. The van der Waals surface area contributed by atoms with Crippen molar-refractivity contribution in [1.82, 2.24) is 4.98 Å². The summed E-state index contributed by atoms with van der Waals surface area (Å²) >= 11 is 0. The molecule has 0 fully saturated rings. The van der Waals surface area contributed by atoms with Crippen molar-refractivity contribution in [2.75, 3.05) is 11.8 Å². The molecule has 0 aliphatic heterocycles. The number of benzene rings is 2. The molecule has 0 radical (unpaired) electrons. The van der Waals surface area contributed by atoms with Crippen LogP contribution in [0.2, 0.25) is 0 Å². The van der Waals surface area contributed by atoms with Crippen molar-refractivity contribution < 1.29 is 17.9 Å². The summed E-state index contributed by atoms with van der Waals surface area (Å²) in [6, 6.07) is 16.4. The van der Waals surface area contributed by atoms with Crippen LogP contribution < -0.4 is 4.72 Å². The summed E-state index contributed by atoms with van der Waals surface area (Å²) in [4.78, 5) is 15.9. The number of nitrogens with one attached hydrogen (secondary N) is 1. The maximum atomic E-state index is 12.6. The van der Waals surface area contributed by atoms with Crippen LogP contribution in [-0.2, 0) is 14.8 Å². The van der Waals surface area contributed by atoms with Gasteiger partial charge < -0.3 is 4.74 Å². The number of methoxy groups -OCH3 is 1. The van der Waals surface area contributed by atoms with Crippen LogP contribution in [0.25, 0.3) is 11.1 Å². The van der Waals surface area contributed by atoms with Crippen molar-refractivity contribution >= 4 is 21.7 Å².